The molecule has 2 N–H and O–H groups in total. The predicted octanol–water partition coefficient (Wildman–Crippen LogP) is 0.890. The largest absolute Gasteiger partial charge is 0.352 e. The van der Waals surface area contributed by atoms with E-state index in [2.05, 4.69) is 33.9 Å². The van der Waals surface area contributed by atoms with Gasteiger partial charge >= 0.3 is 0 Å². The van der Waals surface area contributed by atoms with E-state index in [0.29, 0.717) is 23.7 Å². The molecule has 0 radical (unpaired) electrons. The van der Waals surface area contributed by atoms with Gasteiger partial charge in [-0.25, -0.2) is 0 Å². The van der Waals surface area contributed by atoms with Gasteiger partial charge < -0.3 is 20.1 Å². The Hall–Kier alpha value is -1.84. The fourth-order valence-electron chi connectivity index (χ4n) is 2.75. The van der Waals surface area contributed by atoms with Gasteiger partial charge in [0.05, 0.1) is 5.56 Å². The maximum absolute atomic E-state index is 12.0. The molecule has 0 aliphatic carbocycles. The molecule has 2 rings (SSSR count). The predicted molar refractivity (Wildman–Crippen MR) is 85.6 cm³/mol. The monoisotopic (exact) mass is 303 g/mol. The van der Waals surface area contributed by atoms with Crippen molar-refractivity contribution in [2.75, 3.05) is 45.8 Å². The highest BCUT2D eigenvalue weighted by Crippen LogP contribution is 2.06. The first-order valence-electron chi connectivity index (χ1n) is 7.93. The minimum absolute atomic E-state index is 0.125. The van der Waals surface area contributed by atoms with Gasteiger partial charge in [0.2, 0.25) is 0 Å². The summed E-state index contributed by atoms with van der Waals surface area (Å²) >= 11 is 0. The van der Waals surface area contributed by atoms with Crippen LogP contribution in [0.15, 0.2) is 12.3 Å². The number of nitrogens with one attached hydrogen (secondary N) is 2. The summed E-state index contributed by atoms with van der Waals surface area (Å²) < 4.78 is 0. The molecule has 6 heteroatoms. The summed E-state index contributed by atoms with van der Waals surface area (Å²) in [5, 5.41) is 11.7. The summed E-state index contributed by atoms with van der Waals surface area (Å²) in [5.74, 6) is 0.284. The first-order chi connectivity index (χ1) is 10.6. The lowest BCUT2D eigenvalue weighted by atomic mass is 10.1. The van der Waals surface area contributed by atoms with E-state index in [9.17, 15) is 4.79 Å². The van der Waals surface area contributed by atoms with Crippen LogP contribution in [0.2, 0.25) is 0 Å². The summed E-state index contributed by atoms with van der Waals surface area (Å²) in [6.07, 6.45) is 1.57. The highest BCUT2D eigenvalue weighted by molar-refractivity contribution is 5.94. The third-order valence-corrected chi connectivity index (χ3v) is 4.16. The number of H-pyrrole nitrogens is 1. The van der Waals surface area contributed by atoms with E-state index in [-0.39, 0.29) is 5.91 Å². The summed E-state index contributed by atoms with van der Waals surface area (Å²) in [4.78, 5) is 19.7. The highest BCUT2D eigenvalue weighted by Gasteiger charge is 2.18. The van der Waals surface area contributed by atoms with E-state index in [0.717, 1.165) is 39.3 Å². The number of carbonyl (C=O) groups is 1. The van der Waals surface area contributed by atoms with Gasteiger partial charge in [0.15, 0.2) is 0 Å². The van der Waals surface area contributed by atoms with Gasteiger partial charge in [0.1, 0.15) is 11.8 Å². The van der Waals surface area contributed by atoms with Crippen molar-refractivity contribution >= 4 is 5.91 Å². The normalized spacial score (nSPS) is 17.9. The minimum atomic E-state index is -0.125. The topological polar surface area (TPSA) is 75.2 Å². The van der Waals surface area contributed by atoms with Crippen LogP contribution in [0.3, 0.4) is 0 Å². The van der Waals surface area contributed by atoms with Crippen molar-refractivity contribution in [1.29, 1.82) is 5.26 Å². The van der Waals surface area contributed by atoms with Crippen molar-refractivity contribution in [3.05, 3.63) is 23.5 Å². The van der Waals surface area contributed by atoms with Gasteiger partial charge in [0, 0.05) is 45.5 Å². The number of hydrogen-bond donors (Lipinski definition) is 2. The van der Waals surface area contributed by atoms with E-state index in [4.69, 9.17) is 5.26 Å². The number of nitriles is 1. The fraction of sp³-hybridized carbons (Fsp3) is 0.625. The summed E-state index contributed by atoms with van der Waals surface area (Å²) in [6, 6.07) is 3.56. The maximum Gasteiger partial charge on any atom is 0.252 e. The number of aromatic nitrogens is 1. The number of nitrogens with zero attached hydrogens (tertiary/aromatic N) is 3. The molecule has 22 heavy (non-hydrogen) atoms. The smallest absolute Gasteiger partial charge is 0.252 e. The average Bonchev–Trinajstić information content (AvgIpc) is 3.02. The molecule has 1 saturated heterocycles. The van der Waals surface area contributed by atoms with Crippen molar-refractivity contribution in [3.8, 4) is 6.07 Å². The molecule has 1 aliphatic heterocycles. The van der Waals surface area contributed by atoms with Crippen LogP contribution in [0, 0.1) is 17.2 Å². The third-order valence-electron chi connectivity index (χ3n) is 4.16. The standard InChI is InChI=1S/C16H25N5O/c1-3-20-4-6-21(7-5-20)12-13(2)10-19-16(22)14-8-15(9-17)18-11-14/h8,11,13,18H,3-7,10,12H2,1-2H3,(H,19,22). The lowest BCUT2D eigenvalue weighted by Crippen LogP contribution is -2.48. The summed E-state index contributed by atoms with van der Waals surface area (Å²) in [7, 11) is 0. The first kappa shape index (κ1) is 16.5. The molecule has 6 nitrogen and oxygen atoms in total. The zero-order chi connectivity index (χ0) is 15.9. The minimum Gasteiger partial charge on any atom is -0.352 e. The molecular weight excluding hydrogens is 278 g/mol. The molecular formula is C16H25N5O. The fourth-order valence-corrected chi connectivity index (χ4v) is 2.75. The van der Waals surface area contributed by atoms with Crippen LogP contribution < -0.4 is 5.32 Å². The van der Waals surface area contributed by atoms with Crippen LogP contribution in [0.4, 0.5) is 0 Å². The van der Waals surface area contributed by atoms with Crippen molar-refractivity contribution in [2.24, 2.45) is 5.92 Å². The van der Waals surface area contributed by atoms with E-state index in [1.165, 1.54) is 0 Å². The zero-order valence-electron chi connectivity index (χ0n) is 13.4. The van der Waals surface area contributed by atoms with E-state index in [1.807, 2.05) is 6.07 Å². The Morgan fingerprint density at radius 1 is 1.41 bits per heavy atom. The molecule has 0 spiro atoms. The molecule has 1 aliphatic rings. The number of hydrogen-bond acceptors (Lipinski definition) is 4. The molecule has 1 unspecified atom stereocenters. The summed E-state index contributed by atoms with van der Waals surface area (Å²) in [5.41, 5.74) is 0.923. The molecule has 1 aromatic rings. The molecule has 0 saturated carbocycles. The van der Waals surface area contributed by atoms with Gasteiger partial charge in [-0.2, -0.15) is 5.26 Å². The first-order valence-corrected chi connectivity index (χ1v) is 7.93. The van der Waals surface area contributed by atoms with Gasteiger partial charge in [-0.3, -0.25) is 4.79 Å². The quantitative estimate of drug-likeness (QED) is 0.818. The van der Waals surface area contributed by atoms with Gasteiger partial charge in [0.25, 0.3) is 5.91 Å². The van der Waals surface area contributed by atoms with Gasteiger partial charge in [-0.1, -0.05) is 13.8 Å². The second-order valence-corrected chi connectivity index (χ2v) is 5.96. The van der Waals surface area contributed by atoms with Crippen LogP contribution in [0.5, 0.6) is 0 Å². The molecule has 1 fully saturated rings. The number of rotatable bonds is 6. The maximum atomic E-state index is 12.0. The van der Waals surface area contributed by atoms with Crippen LogP contribution in [-0.4, -0.2) is 66.5 Å². The van der Waals surface area contributed by atoms with Crippen molar-refractivity contribution in [2.45, 2.75) is 13.8 Å². The van der Waals surface area contributed by atoms with E-state index >= 15 is 0 Å². The van der Waals surface area contributed by atoms with Crippen LogP contribution in [-0.2, 0) is 0 Å². The summed E-state index contributed by atoms with van der Waals surface area (Å²) in [6.45, 7) is 11.6. The number of carbonyl (C=O) groups excluding carboxylic acids is 1. The Labute approximate surface area is 132 Å². The third kappa shape index (κ3) is 4.58. The SMILES string of the molecule is CCN1CCN(CC(C)CNC(=O)c2c[nH]c(C#N)c2)CC1. The number of likely N-dealkylation sites (N-methyl/N-ethyl adjacent to an activating group) is 1. The van der Waals surface area contributed by atoms with E-state index < -0.39 is 0 Å². The number of amides is 1. The second kappa shape index (κ2) is 7.97. The lowest BCUT2D eigenvalue weighted by molar-refractivity contribution is 0.0934. The molecule has 2 heterocycles. The molecule has 0 bridgehead atoms. The van der Waals surface area contributed by atoms with Crippen molar-refractivity contribution in [3.63, 3.8) is 0 Å². The molecule has 120 valence electrons. The average molecular weight is 303 g/mol. The lowest BCUT2D eigenvalue weighted by Gasteiger charge is -2.35. The Bertz CT molecular complexity index is 525. The Morgan fingerprint density at radius 3 is 2.68 bits per heavy atom. The van der Waals surface area contributed by atoms with Gasteiger partial charge in [-0.15, -0.1) is 0 Å². The van der Waals surface area contributed by atoms with E-state index in [1.54, 1.807) is 12.3 Å². The molecule has 0 aromatic carbocycles. The van der Waals surface area contributed by atoms with Crippen LogP contribution in [0.25, 0.3) is 0 Å². The van der Waals surface area contributed by atoms with Gasteiger partial charge in [-0.05, 0) is 18.5 Å². The highest BCUT2D eigenvalue weighted by atomic mass is 16.1. The van der Waals surface area contributed by atoms with Crippen LogP contribution in [0.1, 0.15) is 29.9 Å². The Morgan fingerprint density at radius 2 is 2.09 bits per heavy atom. The zero-order valence-corrected chi connectivity index (χ0v) is 13.4. The number of piperazine rings is 1. The van der Waals surface area contributed by atoms with Crippen molar-refractivity contribution < 1.29 is 4.79 Å². The van der Waals surface area contributed by atoms with Crippen LogP contribution >= 0.6 is 0 Å². The molecule has 1 aromatic heterocycles. The molecule has 1 amide bonds. The second-order valence-electron chi connectivity index (χ2n) is 5.96. The van der Waals surface area contributed by atoms with Crippen molar-refractivity contribution in [1.82, 2.24) is 20.1 Å². The number of aromatic amines is 1. The Balaban J connectivity index is 1.70. The Kier molecular flexibility index (Phi) is 5.99. The molecule has 1 atom stereocenters.